The van der Waals surface area contributed by atoms with Crippen LogP contribution >= 0.6 is 11.8 Å². The highest BCUT2D eigenvalue weighted by molar-refractivity contribution is 8.14. The summed E-state index contributed by atoms with van der Waals surface area (Å²) in [5.41, 5.74) is 7.21. The highest BCUT2D eigenvalue weighted by Gasteiger charge is 2.49. The second-order valence-corrected chi connectivity index (χ2v) is 13.9. The number of rotatable bonds is 16. The molecule has 0 spiro atoms. The fraction of sp³-hybridized carbons (Fsp3) is 0.629. The van der Waals surface area contributed by atoms with Crippen molar-refractivity contribution < 1.29 is 51.7 Å². The van der Waals surface area contributed by atoms with Gasteiger partial charge >= 0.3 is 12.1 Å². The van der Waals surface area contributed by atoms with Gasteiger partial charge in [0.1, 0.15) is 18.3 Å². The Bertz CT molecular complexity index is 1380. The monoisotopic (exact) mass is 759 g/mol. The van der Waals surface area contributed by atoms with Crippen LogP contribution in [0.1, 0.15) is 39.7 Å². The predicted octanol–water partition coefficient (Wildman–Crippen LogP) is 2.82. The van der Waals surface area contributed by atoms with Crippen LogP contribution in [0, 0.1) is 11.8 Å². The molecule has 0 saturated carbocycles. The lowest BCUT2D eigenvalue weighted by molar-refractivity contribution is -0.192. The zero-order valence-electron chi connectivity index (χ0n) is 30.6. The summed E-state index contributed by atoms with van der Waals surface area (Å²) in [4.78, 5) is 54.6. The van der Waals surface area contributed by atoms with Crippen LogP contribution in [-0.2, 0) is 39.8 Å². The molecule has 2 aliphatic rings. The van der Waals surface area contributed by atoms with E-state index in [2.05, 4.69) is 15.6 Å². The van der Waals surface area contributed by atoms with Crippen LogP contribution in [0.4, 0.5) is 13.2 Å². The van der Waals surface area contributed by atoms with Crippen LogP contribution in [0.2, 0.25) is 0 Å². The third-order valence-corrected chi connectivity index (χ3v) is 9.90. The fourth-order valence-corrected chi connectivity index (χ4v) is 6.49. The quantitative estimate of drug-likeness (QED) is 0.183. The number of aliphatic imine (C=N–C) groups is 1. The molecule has 13 nitrogen and oxygen atoms in total. The Morgan fingerprint density at radius 1 is 1.13 bits per heavy atom. The Labute approximate surface area is 307 Å². The second-order valence-electron chi connectivity index (χ2n) is 12.8. The van der Waals surface area contributed by atoms with E-state index >= 15 is 0 Å². The molecular weight excluding hydrogens is 707 g/mol. The molecule has 0 bridgehead atoms. The number of aliphatic carboxylic acids is 1. The van der Waals surface area contributed by atoms with Crippen molar-refractivity contribution in [2.75, 3.05) is 40.1 Å². The molecule has 1 saturated heterocycles. The Morgan fingerprint density at radius 2 is 1.75 bits per heavy atom. The van der Waals surface area contributed by atoms with Gasteiger partial charge in [0, 0.05) is 46.2 Å². The number of carbonyl (C=O) groups excluding carboxylic acids is 3. The van der Waals surface area contributed by atoms with Crippen LogP contribution < -0.4 is 16.4 Å². The molecule has 3 amide bonds. The number of benzene rings is 1. The van der Waals surface area contributed by atoms with Gasteiger partial charge in [0.05, 0.1) is 23.2 Å². The van der Waals surface area contributed by atoms with Crippen LogP contribution in [0.15, 0.2) is 47.5 Å². The number of hydrogen-bond acceptors (Lipinski definition) is 10. The molecule has 1 fully saturated rings. The maximum absolute atomic E-state index is 13.6. The molecule has 0 radical (unpaired) electrons. The lowest BCUT2D eigenvalue weighted by atomic mass is 9.95. The van der Waals surface area contributed by atoms with Crippen LogP contribution in [0.3, 0.4) is 0 Å². The normalized spacial score (nSPS) is 22.5. The summed E-state index contributed by atoms with van der Waals surface area (Å²) in [6.07, 6.45) is -3.33. The number of likely N-dealkylation sites (N-methyl/N-ethyl adjacent to an activating group) is 1. The number of carbonyl (C=O) groups is 4. The largest absolute Gasteiger partial charge is 0.490 e. The highest BCUT2D eigenvalue weighted by atomic mass is 32.2. The molecule has 0 aliphatic carbocycles. The van der Waals surface area contributed by atoms with E-state index in [0.717, 1.165) is 29.3 Å². The molecule has 1 aromatic carbocycles. The fourth-order valence-electron chi connectivity index (χ4n) is 5.57. The third kappa shape index (κ3) is 13.2. The van der Waals surface area contributed by atoms with Crippen molar-refractivity contribution in [2.45, 2.75) is 89.3 Å². The van der Waals surface area contributed by atoms with Crippen molar-refractivity contribution in [3.8, 4) is 0 Å². The SMILES string of the molecule is CC[C@H](C)[C@@H](/C=C/C(=O)NC[C@H]1O[C@@H](C(=O)N[C@@H](Cc2ccccc2)C2=NCCS2)[C@@H](OC)[C@@H]1OC)N(C)C(=O)[C@@H](N)C(C)C.O=C(O)C(F)(F)F. The number of nitrogens with one attached hydrogen (secondary N) is 2. The number of carboxylic acid groups (broad SMARTS) is 1. The van der Waals surface area contributed by atoms with Crippen molar-refractivity contribution >= 4 is 40.5 Å². The maximum Gasteiger partial charge on any atom is 0.490 e. The van der Waals surface area contributed by atoms with Gasteiger partial charge in [-0.3, -0.25) is 19.4 Å². The number of amides is 3. The number of methoxy groups -OCH3 is 2. The molecule has 3 rings (SSSR count). The van der Waals surface area contributed by atoms with E-state index in [1.165, 1.54) is 20.3 Å². The van der Waals surface area contributed by atoms with Gasteiger partial charge < -0.3 is 40.6 Å². The van der Waals surface area contributed by atoms with Crippen molar-refractivity contribution in [2.24, 2.45) is 22.6 Å². The molecule has 52 heavy (non-hydrogen) atoms. The average Bonchev–Trinajstić information content (AvgIpc) is 3.78. The lowest BCUT2D eigenvalue weighted by Gasteiger charge is -2.33. The number of hydrogen-bond donors (Lipinski definition) is 4. The van der Waals surface area contributed by atoms with E-state index in [1.54, 1.807) is 29.8 Å². The minimum absolute atomic E-state index is 0.00288. The second kappa shape index (κ2) is 21.3. The Balaban J connectivity index is 0.00000121. The summed E-state index contributed by atoms with van der Waals surface area (Å²) in [6.45, 7) is 8.71. The van der Waals surface area contributed by atoms with Crippen molar-refractivity contribution in [1.29, 1.82) is 0 Å². The minimum Gasteiger partial charge on any atom is -0.475 e. The summed E-state index contributed by atoms with van der Waals surface area (Å²) in [6, 6.07) is 8.75. The summed E-state index contributed by atoms with van der Waals surface area (Å²) < 4.78 is 49.3. The number of halogens is 3. The van der Waals surface area contributed by atoms with Gasteiger partial charge in [0.25, 0.3) is 5.91 Å². The van der Waals surface area contributed by atoms with Crippen molar-refractivity contribution in [1.82, 2.24) is 15.5 Å². The van der Waals surface area contributed by atoms with Gasteiger partial charge in [-0.25, -0.2) is 4.79 Å². The molecule has 5 N–H and O–H groups in total. The maximum atomic E-state index is 13.6. The standard InChI is InChI=1S/C33H51N5O6S.C2HF3O2/c1-8-21(4)24(38(5)33(41)27(34)20(2)3)14-15-26(39)36-19-25-28(42-6)29(43-7)30(44-25)31(40)37-23(32-35-16-17-45-32)18-22-12-10-9-11-13-22;3-2(4,5)1(6)7/h9-15,20-21,23-25,27-30H,8,16-19,34H2,1-7H3,(H,36,39)(H,37,40);(H,6,7)/b15-14+;/t21-,23-,24+,25+,27-,28+,29-,30+;/m0./s1. The van der Waals surface area contributed by atoms with E-state index in [4.69, 9.17) is 29.8 Å². The first-order valence-electron chi connectivity index (χ1n) is 17.0. The van der Waals surface area contributed by atoms with Gasteiger partial charge in [-0.2, -0.15) is 13.2 Å². The Hall–Kier alpha value is -3.51. The van der Waals surface area contributed by atoms with E-state index in [1.807, 2.05) is 58.0 Å². The molecule has 2 heterocycles. The Kier molecular flexibility index (Phi) is 18.3. The Morgan fingerprint density at radius 3 is 2.25 bits per heavy atom. The van der Waals surface area contributed by atoms with Gasteiger partial charge in [-0.1, -0.05) is 70.5 Å². The van der Waals surface area contributed by atoms with Crippen molar-refractivity contribution in [3.63, 3.8) is 0 Å². The number of alkyl halides is 3. The molecule has 1 aromatic rings. The number of carboxylic acids is 1. The molecule has 17 heteroatoms. The van der Waals surface area contributed by atoms with Crippen molar-refractivity contribution in [3.05, 3.63) is 48.0 Å². The van der Waals surface area contributed by atoms with Crippen LogP contribution in [0.5, 0.6) is 0 Å². The van der Waals surface area contributed by atoms with Gasteiger partial charge in [-0.15, -0.1) is 11.8 Å². The van der Waals surface area contributed by atoms with Crippen LogP contribution in [0.25, 0.3) is 0 Å². The smallest absolute Gasteiger partial charge is 0.475 e. The number of thioether (sulfide) groups is 1. The van der Waals surface area contributed by atoms with E-state index in [0.29, 0.717) is 6.42 Å². The molecule has 292 valence electrons. The number of nitrogens with two attached hydrogens (primary N) is 1. The van der Waals surface area contributed by atoms with Gasteiger partial charge in [0.2, 0.25) is 11.8 Å². The zero-order valence-corrected chi connectivity index (χ0v) is 31.4. The molecule has 8 atom stereocenters. The zero-order chi connectivity index (χ0) is 39.2. The van der Waals surface area contributed by atoms with Gasteiger partial charge in [0.15, 0.2) is 6.10 Å². The van der Waals surface area contributed by atoms with E-state index in [-0.39, 0.29) is 48.2 Å². The van der Waals surface area contributed by atoms with E-state index in [9.17, 15) is 27.6 Å². The summed E-state index contributed by atoms with van der Waals surface area (Å²) in [5, 5.41) is 14.0. The molecule has 2 aliphatic heterocycles. The molecule has 0 aromatic heterocycles. The number of ether oxygens (including phenoxy) is 3. The molecular formula is C35H52F3N5O8S. The minimum atomic E-state index is -5.08. The average molecular weight is 760 g/mol. The highest BCUT2D eigenvalue weighted by Crippen LogP contribution is 2.27. The summed E-state index contributed by atoms with van der Waals surface area (Å²) in [7, 11) is 4.76. The lowest BCUT2D eigenvalue weighted by Crippen LogP contribution is -2.50. The summed E-state index contributed by atoms with van der Waals surface area (Å²) in [5.74, 6) is -2.60. The first kappa shape index (κ1) is 44.7. The third-order valence-electron chi connectivity index (χ3n) is 8.81. The predicted molar refractivity (Wildman–Crippen MR) is 192 cm³/mol. The van der Waals surface area contributed by atoms with Crippen LogP contribution in [-0.4, -0.2) is 128 Å². The first-order valence-corrected chi connectivity index (χ1v) is 18.0. The topological polar surface area (TPSA) is 182 Å². The molecule has 0 unspecified atom stereocenters. The number of nitrogens with zero attached hydrogens (tertiary/aromatic N) is 2. The van der Waals surface area contributed by atoms with E-state index < -0.39 is 42.6 Å². The van der Waals surface area contributed by atoms with Gasteiger partial charge in [-0.05, 0) is 23.8 Å². The first-order chi connectivity index (χ1) is 24.5. The summed E-state index contributed by atoms with van der Waals surface area (Å²) >= 11 is 1.65.